The van der Waals surface area contributed by atoms with Gasteiger partial charge in [-0.2, -0.15) is 0 Å². The highest BCUT2D eigenvalue weighted by Gasteiger charge is 2.23. The molecule has 1 N–H and O–H groups in total. The number of morpholine rings is 1. The van der Waals surface area contributed by atoms with E-state index < -0.39 is 5.82 Å². The lowest BCUT2D eigenvalue weighted by Crippen LogP contribution is -2.37. The van der Waals surface area contributed by atoms with Crippen LogP contribution in [0, 0.1) is 5.82 Å². The van der Waals surface area contributed by atoms with Crippen LogP contribution in [0.3, 0.4) is 0 Å². The Morgan fingerprint density at radius 1 is 1.05 bits per heavy atom. The van der Waals surface area contributed by atoms with E-state index in [1.54, 1.807) is 32.0 Å². The molecule has 0 amide bonds. The molecule has 9 nitrogen and oxygen atoms in total. The zero-order valence-corrected chi connectivity index (χ0v) is 22.0. The van der Waals surface area contributed by atoms with Crippen molar-refractivity contribution in [1.82, 2.24) is 14.5 Å². The summed E-state index contributed by atoms with van der Waals surface area (Å²) in [7, 11) is 4.70. The highest BCUT2D eigenvalue weighted by molar-refractivity contribution is 5.87. The summed E-state index contributed by atoms with van der Waals surface area (Å²) in [5.41, 5.74) is 2.32. The van der Waals surface area contributed by atoms with Crippen molar-refractivity contribution < 1.29 is 23.3 Å². The van der Waals surface area contributed by atoms with Crippen molar-refractivity contribution >= 4 is 28.2 Å². The van der Waals surface area contributed by atoms with Gasteiger partial charge in [0.05, 0.1) is 51.1 Å². The Labute approximate surface area is 220 Å². The van der Waals surface area contributed by atoms with Crippen LogP contribution in [0.25, 0.3) is 22.6 Å². The molecule has 0 atom stereocenters. The van der Waals surface area contributed by atoms with Gasteiger partial charge in [-0.15, -0.1) is 0 Å². The molecular formula is C28H33FN4O5. The van der Waals surface area contributed by atoms with Gasteiger partial charge in [-0.25, -0.2) is 9.37 Å². The summed E-state index contributed by atoms with van der Waals surface area (Å²) in [5.74, 6) is 1.73. The molecule has 0 aliphatic carbocycles. The van der Waals surface area contributed by atoms with Crippen LogP contribution >= 0.6 is 0 Å². The van der Waals surface area contributed by atoms with Gasteiger partial charge in [-0.3, -0.25) is 14.3 Å². The second kappa shape index (κ2) is 11.4. The lowest BCUT2D eigenvalue weighted by molar-refractivity contribution is 0.0378. The van der Waals surface area contributed by atoms with Crippen molar-refractivity contribution in [3.05, 3.63) is 51.8 Å². The van der Waals surface area contributed by atoms with Crippen molar-refractivity contribution in [2.45, 2.75) is 19.4 Å². The van der Waals surface area contributed by atoms with E-state index in [1.165, 1.54) is 6.07 Å². The Morgan fingerprint density at radius 3 is 2.47 bits per heavy atom. The van der Waals surface area contributed by atoms with Crippen LogP contribution in [0.15, 0.2) is 29.1 Å². The normalized spacial score (nSPS) is 16.6. The summed E-state index contributed by atoms with van der Waals surface area (Å²) in [5, 5.41) is 3.46. The van der Waals surface area contributed by atoms with Gasteiger partial charge in [0.15, 0.2) is 11.5 Å². The number of aromatic nitrogens is 2. The number of nitrogens with one attached hydrogen (secondary N) is 1. The van der Waals surface area contributed by atoms with E-state index in [2.05, 4.69) is 10.2 Å². The minimum Gasteiger partial charge on any atom is -0.493 e. The summed E-state index contributed by atoms with van der Waals surface area (Å²) in [6, 6.07) is 6.63. The topological polar surface area (TPSA) is 87.1 Å². The second-order valence-electron chi connectivity index (χ2n) is 9.35. The van der Waals surface area contributed by atoms with E-state index in [0.29, 0.717) is 53.8 Å². The van der Waals surface area contributed by atoms with Crippen molar-refractivity contribution in [1.29, 1.82) is 0 Å². The minimum atomic E-state index is -0.450. The van der Waals surface area contributed by atoms with E-state index >= 15 is 0 Å². The number of rotatable bonds is 9. The fourth-order valence-electron chi connectivity index (χ4n) is 5.05. The zero-order chi connectivity index (χ0) is 26.6. The SMILES string of the molecule is COc1cc(/C=C2\CCn3c2nc2cc(NCCCN4CCOCC4)c(F)cc2c3=O)cc(OC)c1OC. The van der Waals surface area contributed by atoms with Crippen LogP contribution in [0.4, 0.5) is 10.1 Å². The van der Waals surface area contributed by atoms with E-state index in [-0.39, 0.29) is 10.9 Å². The molecular weight excluding hydrogens is 491 g/mol. The largest absolute Gasteiger partial charge is 0.493 e. The van der Waals surface area contributed by atoms with E-state index in [9.17, 15) is 9.18 Å². The Balaban J connectivity index is 1.41. The molecule has 38 heavy (non-hydrogen) atoms. The number of nitrogens with zero attached hydrogens (tertiary/aromatic N) is 3. The van der Waals surface area contributed by atoms with E-state index in [1.807, 2.05) is 18.2 Å². The van der Waals surface area contributed by atoms with Crippen LogP contribution in [0.5, 0.6) is 17.2 Å². The highest BCUT2D eigenvalue weighted by atomic mass is 19.1. The third-order valence-electron chi connectivity index (χ3n) is 7.03. The van der Waals surface area contributed by atoms with Gasteiger partial charge in [0.25, 0.3) is 5.56 Å². The molecule has 2 aliphatic rings. The van der Waals surface area contributed by atoms with E-state index in [0.717, 1.165) is 50.4 Å². The molecule has 0 saturated carbocycles. The van der Waals surface area contributed by atoms with Crippen LogP contribution in [-0.2, 0) is 11.3 Å². The monoisotopic (exact) mass is 524 g/mol. The number of methoxy groups -OCH3 is 3. The first kappa shape index (κ1) is 26.0. The summed E-state index contributed by atoms with van der Waals surface area (Å²) in [6.45, 7) is 5.40. The van der Waals surface area contributed by atoms with Gasteiger partial charge < -0.3 is 24.3 Å². The lowest BCUT2D eigenvalue weighted by atomic mass is 10.1. The predicted octanol–water partition coefficient (Wildman–Crippen LogP) is 3.64. The van der Waals surface area contributed by atoms with Crippen LogP contribution in [0.2, 0.25) is 0 Å². The molecule has 5 rings (SSSR count). The lowest BCUT2D eigenvalue weighted by Gasteiger charge is -2.26. The van der Waals surface area contributed by atoms with Gasteiger partial charge in [-0.1, -0.05) is 0 Å². The predicted molar refractivity (Wildman–Crippen MR) is 145 cm³/mol. The van der Waals surface area contributed by atoms with Gasteiger partial charge in [0, 0.05) is 26.2 Å². The number of allylic oxidation sites excluding steroid dienone is 1. The van der Waals surface area contributed by atoms with Crippen molar-refractivity contribution in [3.63, 3.8) is 0 Å². The summed E-state index contributed by atoms with van der Waals surface area (Å²) >= 11 is 0. The fraction of sp³-hybridized carbons (Fsp3) is 0.429. The van der Waals surface area contributed by atoms with Crippen LogP contribution < -0.4 is 25.1 Å². The number of fused-ring (bicyclic) bond motifs is 2. The third-order valence-corrected chi connectivity index (χ3v) is 7.03. The molecule has 3 aromatic rings. The number of anilines is 1. The van der Waals surface area contributed by atoms with E-state index in [4.69, 9.17) is 23.9 Å². The zero-order valence-electron chi connectivity index (χ0n) is 22.0. The van der Waals surface area contributed by atoms with Crippen molar-refractivity contribution in [3.8, 4) is 17.2 Å². The number of ether oxygens (including phenoxy) is 4. The first-order valence-electron chi connectivity index (χ1n) is 12.8. The number of hydrogen-bond acceptors (Lipinski definition) is 8. The molecule has 1 fully saturated rings. The first-order chi connectivity index (χ1) is 18.5. The molecule has 1 saturated heterocycles. The highest BCUT2D eigenvalue weighted by Crippen LogP contribution is 2.39. The quantitative estimate of drug-likeness (QED) is 0.425. The van der Waals surface area contributed by atoms with Gasteiger partial charge in [0.1, 0.15) is 11.6 Å². The van der Waals surface area contributed by atoms with Gasteiger partial charge >= 0.3 is 0 Å². The molecule has 0 bridgehead atoms. The Hall–Kier alpha value is -3.63. The van der Waals surface area contributed by atoms with Crippen LogP contribution in [0.1, 0.15) is 24.2 Å². The average Bonchev–Trinajstić information content (AvgIpc) is 3.34. The Kier molecular flexibility index (Phi) is 7.80. The summed E-state index contributed by atoms with van der Waals surface area (Å²) < 4.78 is 38.3. The van der Waals surface area contributed by atoms with Gasteiger partial charge in [-0.05, 0) is 60.9 Å². The standard InChI is InChI=1S/C28H33FN4O5/c1-35-24-14-18(15-25(36-2)26(24)37-3)13-19-5-8-33-27(19)31-22-17-23(21(29)16-20(22)28(33)34)30-6-4-7-32-9-11-38-12-10-32/h13-17,30H,4-12H2,1-3H3/b19-13+. The molecule has 0 radical (unpaired) electrons. The smallest absolute Gasteiger partial charge is 0.261 e. The Bertz CT molecular complexity index is 1390. The first-order valence-corrected chi connectivity index (χ1v) is 12.8. The molecule has 0 unspecified atom stereocenters. The maximum Gasteiger partial charge on any atom is 0.261 e. The van der Waals surface area contributed by atoms with Gasteiger partial charge in [0.2, 0.25) is 5.75 Å². The van der Waals surface area contributed by atoms with Crippen molar-refractivity contribution in [2.24, 2.45) is 0 Å². The molecule has 2 aliphatic heterocycles. The second-order valence-corrected chi connectivity index (χ2v) is 9.35. The molecule has 10 heteroatoms. The summed E-state index contributed by atoms with van der Waals surface area (Å²) in [4.78, 5) is 20.4. The number of halogens is 1. The number of hydrogen-bond donors (Lipinski definition) is 1. The average molecular weight is 525 g/mol. The van der Waals surface area contributed by atoms with Crippen molar-refractivity contribution in [2.75, 3.05) is 66.0 Å². The third kappa shape index (κ3) is 5.19. The molecule has 202 valence electrons. The maximum absolute atomic E-state index is 14.9. The maximum atomic E-state index is 14.9. The minimum absolute atomic E-state index is 0.240. The molecule has 0 spiro atoms. The number of benzene rings is 2. The van der Waals surface area contributed by atoms with Crippen LogP contribution in [-0.4, -0.2) is 75.2 Å². The Morgan fingerprint density at radius 2 is 1.79 bits per heavy atom. The fourth-order valence-corrected chi connectivity index (χ4v) is 5.05. The molecule has 3 heterocycles. The summed E-state index contributed by atoms with van der Waals surface area (Å²) in [6.07, 6.45) is 3.47. The molecule has 1 aromatic heterocycles. The molecule has 2 aromatic carbocycles.